The van der Waals surface area contributed by atoms with Gasteiger partial charge in [0, 0.05) is 13.1 Å². The van der Waals surface area contributed by atoms with Gasteiger partial charge in [-0.1, -0.05) is 6.92 Å². The topological polar surface area (TPSA) is 73.6 Å². The summed E-state index contributed by atoms with van der Waals surface area (Å²) in [5, 5.41) is 19.2. The van der Waals surface area contributed by atoms with Crippen molar-refractivity contribution < 1.29 is 14.6 Å². The van der Waals surface area contributed by atoms with Gasteiger partial charge in [-0.15, -0.1) is 0 Å². The number of carbonyl (C=O) groups excluding carboxylic acids is 1. The maximum Gasteiger partial charge on any atom is 0.264 e. The van der Waals surface area contributed by atoms with E-state index in [4.69, 9.17) is 4.74 Å². The van der Waals surface area contributed by atoms with E-state index in [1.807, 2.05) is 28.7 Å². The summed E-state index contributed by atoms with van der Waals surface area (Å²) in [6.07, 6.45) is 3.48. The summed E-state index contributed by atoms with van der Waals surface area (Å²) in [6, 6.07) is 5.32. The van der Waals surface area contributed by atoms with Gasteiger partial charge in [-0.2, -0.15) is 5.26 Å². The van der Waals surface area contributed by atoms with Crippen LogP contribution in [0, 0.1) is 20.8 Å². The van der Waals surface area contributed by atoms with Crippen LogP contribution in [0.5, 0.6) is 11.5 Å². The fraction of sp³-hybridized carbons (Fsp3) is 0.412. The lowest BCUT2D eigenvalue weighted by Gasteiger charge is -2.30. The molecule has 0 saturated carbocycles. The zero-order valence-electron chi connectivity index (χ0n) is 13.2. The van der Waals surface area contributed by atoms with Crippen molar-refractivity contribution in [2.24, 2.45) is 5.92 Å². The third kappa shape index (κ3) is 4.16. The van der Waals surface area contributed by atoms with E-state index in [1.54, 1.807) is 23.1 Å². The molecule has 23 heavy (non-hydrogen) atoms. The maximum absolute atomic E-state index is 12.5. The third-order valence-electron chi connectivity index (χ3n) is 4.00. The zero-order valence-corrected chi connectivity index (χ0v) is 15.3. The standard InChI is InChI=1S/C17H19IN2O3/c1-11-3-5-20(6-4-11)17(22)13(10-19)7-12-8-14(18)16(21)15(9-12)23-2/h7-9,11,21H,3-6H2,1-2H3. The van der Waals surface area contributed by atoms with Gasteiger partial charge in [0.05, 0.1) is 10.7 Å². The number of methoxy groups -OCH3 is 1. The highest BCUT2D eigenvalue weighted by atomic mass is 127. The Morgan fingerprint density at radius 2 is 2.13 bits per heavy atom. The minimum absolute atomic E-state index is 0.0557. The molecule has 0 aliphatic carbocycles. The number of benzene rings is 1. The van der Waals surface area contributed by atoms with Crippen molar-refractivity contribution in [1.82, 2.24) is 4.90 Å². The minimum Gasteiger partial charge on any atom is -0.504 e. The Kier molecular flexibility index (Phi) is 5.88. The number of ether oxygens (including phenoxy) is 1. The van der Waals surface area contributed by atoms with Gasteiger partial charge < -0.3 is 14.7 Å². The number of carbonyl (C=O) groups is 1. The lowest BCUT2D eigenvalue weighted by molar-refractivity contribution is -0.127. The normalized spacial score (nSPS) is 16.1. The molecule has 6 heteroatoms. The SMILES string of the molecule is COc1cc(C=C(C#N)C(=O)N2CCC(C)CC2)cc(I)c1O. The molecule has 1 aromatic carbocycles. The van der Waals surface area contributed by atoms with Gasteiger partial charge in [0.2, 0.25) is 0 Å². The van der Waals surface area contributed by atoms with Crippen LogP contribution in [0.1, 0.15) is 25.3 Å². The van der Waals surface area contributed by atoms with E-state index < -0.39 is 0 Å². The number of piperidine rings is 1. The zero-order chi connectivity index (χ0) is 17.0. The molecule has 1 aliphatic heterocycles. The van der Waals surface area contributed by atoms with Crippen LogP contribution < -0.4 is 4.74 Å². The number of phenols is 1. The van der Waals surface area contributed by atoms with E-state index in [-0.39, 0.29) is 17.2 Å². The van der Waals surface area contributed by atoms with E-state index >= 15 is 0 Å². The summed E-state index contributed by atoms with van der Waals surface area (Å²) in [5.41, 5.74) is 0.752. The lowest BCUT2D eigenvalue weighted by atomic mass is 9.98. The summed E-state index contributed by atoms with van der Waals surface area (Å²) in [4.78, 5) is 14.2. The van der Waals surface area contributed by atoms with Crippen LogP contribution in [0.25, 0.3) is 6.08 Å². The van der Waals surface area contributed by atoms with Crippen LogP contribution in [0.3, 0.4) is 0 Å². The fourth-order valence-corrected chi connectivity index (χ4v) is 3.15. The molecule has 1 fully saturated rings. The number of nitriles is 1. The second-order valence-corrected chi connectivity index (χ2v) is 6.86. The third-order valence-corrected chi connectivity index (χ3v) is 4.83. The van der Waals surface area contributed by atoms with E-state index in [1.165, 1.54) is 7.11 Å². The number of hydrogen-bond acceptors (Lipinski definition) is 4. The minimum atomic E-state index is -0.235. The molecule has 1 aliphatic rings. The first-order valence-corrected chi connectivity index (χ1v) is 8.51. The van der Waals surface area contributed by atoms with E-state index in [0.29, 0.717) is 33.9 Å². The Morgan fingerprint density at radius 1 is 1.48 bits per heavy atom. The van der Waals surface area contributed by atoms with Gasteiger partial charge in [0.15, 0.2) is 11.5 Å². The average Bonchev–Trinajstić information content (AvgIpc) is 2.55. The highest BCUT2D eigenvalue weighted by Crippen LogP contribution is 2.33. The van der Waals surface area contributed by atoms with Gasteiger partial charge in [-0.05, 0) is 65.1 Å². The second-order valence-electron chi connectivity index (χ2n) is 5.70. The predicted octanol–water partition coefficient (Wildman–Crippen LogP) is 3.17. The molecule has 1 heterocycles. The Labute approximate surface area is 149 Å². The summed E-state index contributed by atoms with van der Waals surface area (Å²) in [5.74, 6) is 0.762. The van der Waals surface area contributed by atoms with Gasteiger partial charge in [0.1, 0.15) is 11.6 Å². The van der Waals surface area contributed by atoms with Crippen LogP contribution in [0.2, 0.25) is 0 Å². The number of amides is 1. The molecule has 1 amide bonds. The number of aromatic hydroxyl groups is 1. The molecular weight excluding hydrogens is 407 g/mol. The molecule has 0 atom stereocenters. The van der Waals surface area contributed by atoms with Crippen molar-refractivity contribution in [1.29, 1.82) is 5.26 Å². The quantitative estimate of drug-likeness (QED) is 0.458. The lowest BCUT2D eigenvalue weighted by Crippen LogP contribution is -2.38. The van der Waals surface area contributed by atoms with Crippen molar-refractivity contribution in [2.75, 3.05) is 20.2 Å². The van der Waals surface area contributed by atoms with Gasteiger partial charge >= 0.3 is 0 Å². The first-order chi connectivity index (χ1) is 11.0. The Morgan fingerprint density at radius 3 is 2.70 bits per heavy atom. The first kappa shape index (κ1) is 17.6. The molecule has 1 aromatic rings. The van der Waals surface area contributed by atoms with E-state index in [2.05, 4.69) is 6.92 Å². The number of halogens is 1. The van der Waals surface area contributed by atoms with Crippen LogP contribution in [0.4, 0.5) is 0 Å². The van der Waals surface area contributed by atoms with Crippen molar-refractivity contribution >= 4 is 34.6 Å². The van der Waals surface area contributed by atoms with Crippen molar-refractivity contribution in [3.8, 4) is 17.6 Å². The average molecular weight is 426 g/mol. The highest BCUT2D eigenvalue weighted by molar-refractivity contribution is 14.1. The number of nitrogens with zero attached hydrogens (tertiary/aromatic N) is 2. The molecular formula is C17H19IN2O3. The first-order valence-electron chi connectivity index (χ1n) is 7.43. The van der Waals surface area contributed by atoms with Crippen molar-refractivity contribution in [3.63, 3.8) is 0 Å². The summed E-state index contributed by atoms with van der Waals surface area (Å²) >= 11 is 1.98. The smallest absolute Gasteiger partial charge is 0.264 e. The molecule has 1 saturated heterocycles. The molecule has 1 N–H and O–H groups in total. The Hall–Kier alpha value is -1.75. The predicted molar refractivity (Wildman–Crippen MR) is 95.9 cm³/mol. The molecule has 0 spiro atoms. The van der Waals surface area contributed by atoms with Crippen molar-refractivity contribution in [3.05, 3.63) is 26.8 Å². The number of rotatable bonds is 3. The molecule has 0 radical (unpaired) electrons. The van der Waals surface area contributed by atoms with Crippen molar-refractivity contribution in [2.45, 2.75) is 19.8 Å². The van der Waals surface area contributed by atoms with E-state index in [9.17, 15) is 15.2 Å². The van der Waals surface area contributed by atoms with Gasteiger partial charge in [-0.3, -0.25) is 4.79 Å². The molecule has 0 bridgehead atoms. The van der Waals surface area contributed by atoms with Crippen LogP contribution in [-0.2, 0) is 4.79 Å². The molecule has 2 rings (SSSR count). The molecule has 5 nitrogen and oxygen atoms in total. The molecule has 0 aromatic heterocycles. The summed E-state index contributed by atoms with van der Waals surface area (Å²) in [7, 11) is 1.46. The highest BCUT2D eigenvalue weighted by Gasteiger charge is 2.23. The number of likely N-dealkylation sites (tertiary alicyclic amines) is 1. The largest absolute Gasteiger partial charge is 0.504 e. The van der Waals surface area contributed by atoms with Crippen LogP contribution >= 0.6 is 22.6 Å². The number of hydrogen-bond donors (Lipinski definition) is 1. The van der Waals surface area contributed by atoms with E-state index in [0.717, 1.165) is 12.8 Å². The summed E-state index contributed by atoms with van der Waals surface area (Å²) in [6.45, 7) is 3.55. The second kappa shape index (κ2) is 7.68. The molecule has 0 unspecified atom stereocenters. The maximum atomic E-state index is 12.5. The van der Waals surface area contributed by atoms with Crippen LogP contribution in [-0.4, -0.2) is 36.1 Å². The summed E-state index contributed by atoms with van der Waals surface area (Å²) < 4.78 is 5.71. The molecule has 122 valence electrons. The Balaban J connectivity index is 2.27. The monoisotopic (exact) mass is 426 g/mol. The van der Waals surface area contributed by atoms with Gasteiger partial charge in [-0.25, -0.2) is 0 Å². The van der Waals surface area contributed by atoms with Gasteiger partial charge in [0.25, 0.3) is 5.91 Å². The number of phenolic OH excluding ortho intramolecular Hbond substituents is 1. The Bertz CT molecular complexity index is 671. The fourth-order valence-electron chi connectivity index (χ4n) is 2.52. The van der Waals surface area contributed by atoms with Crippen LogP contribution in [0.15, 0.2) is 17.7 Å².